The van der Waals surface area contributed by atoms with Crippen LogP contribution in [0.25, 0.3) is 0 Å². The van der Waals surface area contributed by atoms with E-state index in [-0.39, 0.29) is 0 Å². The molecule has 3 nitrogen and oxygen atoms in total. The van der Waals surface area contributed by atoms with Crippen LogP contribution in [0.2, 0.25) is 19.1 Å². The van der Waals surface area contributed by atoms with Crippen molar-refractivity contribution in [3.8, 4) is 0 Å². The molecule has 0 aromatic carbocycles. The summed E-state index contributed by atoms with van der Waals surface area (Å²) in [6.45, 7) is 5.69. The number of carboxylic acid groups (broad SMARTS) is 1. The van der Waals surface area contributed by atoms with Crippen molar-refractivity contribution in [3.63, 3.8) is 0 Å². The lowest BCUT2D eigenvalue weighted by Gasteiger charge is -2.17. The number of rotatable bonds is 2. The monoisotopic (exact) mass is 148 g/mol. The highest BCUT2D eigenvalue weighted by molar-refractivity contribution is 6.72. The van der Waals surface area contributed by atoms with Gasteiger partial charge in [0.25, 0.3) is 8.32 Å². The summed E-state index contributed by atoms with van der Waals surface area (Å²) in [7, 11) is -1.84. The molecular weight excluding hydrogens is 136 g/mol. The molecule has 0 amide bonds. The molecule has 54 valence electrons. The minimum Gasteiger partial charge on any atom is -0.490 e. The largest absolute Gasteiger partial charge is 0.491 e. The molecule has 0 heterocycles. The highest BCUT2D eigenvalue weighted by Crippen LogP contribution is 2.09. The van der Waals surface area contributed by atoms with E-state index >= 15 is 0 Å². The third kappa shape index (κ3) is 4.02. The molecule has 0 rings (SSSR count). The summed E-state index contributed by atoms with van der Waals surface area (Å²) in [5.74, 6) is 0. The van der Waals surface area contributed by atoms with Gasteiger partial charge in [-0.2, -0.15) is 0 Å². The van der Waals surface area contributed by atoms with Gasteiger partial charge in [0, 0.05) is 0 Å². The maximum atomic E-state index is 9.99. The second-order valence-corrected chi connectivity index (χ2v) is 6.91. The summed E-state index contributed by atoms with van der Waals surface area (Å²) in [6, 6.07) is 0.833. The molecule has 0 saturated heterocycles. The lowest BCUT2D eigenvalue weighted by Crippen LogP contribution is -2.31. The van der Waals surface area contributed by atoms with Gasteiger partial charge in [-0.3, -0.25) is 0 Å². The minimum absolute atomic E-state index is 0.833. The van der Waals surface area contributed by atoms with Crippen molar-refractivity contribution in [1.82, 2.24) is 0 Å². The van der Waals surface area contributed by atoms with Gasteiger partial charge in [0.05, 0.1) is 0 Å². The fourth-order valence-electron chi connectivity index (χ4n) is 0.309. The lowest BCUT2D eigenvalue weighted by atomic mass is 11.0. The van der Waals surface area contributed by atoms with Crippen molar-refractivity contribution in [3.05, 3.63) is 0 Å². The average Bonchev–Trinajstić information content (AvgIpc) is 1.63. The second kappa shape index (κ2) is 2.86. The number of carbonyl (C=O) groups is 1. The van der Waals surface area contributed by atoms with Crippen LogP contribution in [-0.2, 0) is 4.43 Å². The van der Waals surface area contributed by atoms with E-state index in [0.29, 0.717) is 0 Å². The molecule has 9 heavy (non-hydrogen) atoms. The molecule has 0 saturated carbocycles. The van der Waals surface area contributed by atoms with Crippen LogP contribution in [-0.4, -0.2) is 19.6 Å². The molecule has 0 fully saturated rings. The third-order valence-electron chi connectivity index (χ3n) is 1.22. The maximum absolute atomic E-state index is 9.99. The van der Waals surface area contributed by atoms with Crippen LogP contribution in [0.5, 0.6) is 0 Å². The molecular formula is C5H12O3Si. The molecule has 0 spiro atoms. The van der Waals surface area contributed by atoms with Gasteiger partial charge in [0.1, 0.15) is 0 Å². The summed E-state index contributed by atoms with van der Waals surface area (Å²) >= 11 is 0. The Morgan fingerprint density at radius 3 is 2.22 bits per heavy atom. The van der Waals surface area contributed by atoms with E-state index < -0.39 is 14.5 Å². The van der Waals surface area contributed by atoms with Crippen LogP contribution in [0.1, 0.15) is 6.92 Å². The van der Waals surface area contributed by atoms with E-state index in [2.05, 4.69) is 4.43 Å². The Balaban J connectivity index is 3.71. The maximum Gasteiger partial charge on any atom is 0.491 e. The van der Waals surface area contributed by atoms with Gasteiger partial charge in [-0.1, -0.05) is 6.92 Å². The van der Waals surface area contributed by atoms with Crippen molar-refractivity contribution in [2.24, 2.45) is 0 Å². The van der Waals surface area contributed by atoms with E-state index in [1.54, 1.807) is 0 Å². The predicted molar refractivity (Wildman–Crippen MR) is 37.1 cm³/mol. The van der Waals surface area contributed by atoms with Crippen LogP contribution < -0.4 is 0 Å². The van der Waals surface area contributed by atoms with Gasteiger partial charge in [-0.15, -0.1) is 0 Å². The highest BCUT2D eigenvalue weighted by Gasteiger charge is 2.23. The van der Waals surface area contributed by atoms with E-state index in [1.165, 1.54) is 0 Å². The normalized spacial score (nSPS) is 11.0. The molecule has 0 aromatic heterocycles. The van der Waals surface area contributed by atoms with Gasteiger partial charge < -0.3 is 9.53 Å². The lowest BCUT2D eigenvalue weighted by molar-refractivity contribution is 0.142. The Morgan fingerprint density at radius 1 is 1.67 bits per heavy atom. The van der Waals surface area contributed by atoms with Crippen LogP contribution >= 0.6 is 0 Å². The first kappa shape index (κ1) is 8.49. The molecule has 4 heteroatoms. The summed E-state index contributed by atoms with van der Waals surface area (Å²) in [4.78, 5) is 9.99. The van der Waals surface area contributed by atoms with Gasteiger partial charge in [-0.05, 0) is 19.1 Å². The second-order valence-electron chi connectivity index (χ2n) is 2.48. The zero-order valence-corrected chi connectivity index (χ0v) is 6.97. The van der Waals surface area contributed by atoms with Crippen molar-refractivity contribution in [2.75, 3.05) is 0 Å². The number of hydrogen-bond donors (Lipinski definition) is 1. The van der Waals surface area contributed by atoms with E-state index in [1.807, 2.05) is 20.0 Å². The van der Waals surface area contributed by atoms with Crippen LogP contribution in [0, 0.1) is 0 Å². The molecule has 0 radical (unpaired) electrons. The Kier molecular flexibility index (Phi) is 2.70. The SMILES string of the molecule is CC[Si](C)(C)OC(=O)O. The highest BCUT2D eigenvalue weighted by atomic mass is 28.4. The van der Waals surface area contributed by atoms with E-state index in [4.69, 9.17) is 5.11 Å². The van der Waals surface area contributed by atoms with Crippen LogP contribution in [0.4, 0.5) is 4.79 Å². The molecule has 1 N–H and O–H groups in total. The first-order valence-corrected chi connectivity index (χ1v) is 6.01. The first-order chi connectivity index (χ1) is 3.98. The molecule has 0 aliphatic rings. The Hall–Kier alpha value is -0.513. The molecule has 0 bridgehead atoms. The van der Waals surface area contributed by atoms with Gasteiger partial charge in [-0.25, -0.2) is 4.79 Å². The van der Waals surface area contributed by atoms with Crippen LogP contribution in [0.15, 0.2) is 0 Å². The predicted octanol–water partition coefficient (Wildman–Crippen LogP) is 1.91. The minimum atomic E-state index is -1.84. The average molecular weight is 148 g/mol. The van der Waals surface area contributed by atoms with Gasteiger partial charge >= 0.3 is 6.16 Å². The summed E-state index contributed by atoms with van der Waals surface area (Å²) in [5, 5.41) is 8.19. The molecule has 0 atom stereocenters. The molecule has 0 aromatic rings. The Morgan fingerprint density at radius 2 is 2.11 bits per heavy atom. The molecule has 0 unspecified atom stereocenters. The van der Waals surface area contributed by atoms with Gasteiger partial charge in [0.15, 0.2) is 0 Å². The zero-order valence-electron chi connectivity index (χ0n) is 5.97. The zero-order chi connectivity index (χ0) is 7.49. The van der Waals surface area contributed by atoms with Crippen molar-refractivity contribution in [2.45, 2.75) is 26.1 Å². The fourth-order valence-corrected chi connectivity index (χ4v) is 0.926. The summed E-state index contributed by atoms with van der Waals surface area (Å²) < 4.78 is 4.64. The quantitative estimate of drug-likeness (QED) is 0.608. The smallest absolute Gasteiger partial charge is 0.490 e. The Labute approximate surface area is 55.8 Å². The van der Waals surface area contributed by atoms with Gasteiger partial charge in [0.2, 0.25) is 0 Å². The first-order valence-electron chi connectivity index (χ1n) is 2.90. The molecule has 0 aliphatic carbocycles. The number of hydrogen-bond acceptors (Lipinski definition) is 2. The molecule has 0 aliphatic heterocycles. The summed E-state index contributed by atoms with van der Waals surface area (Å²) in [5.41, 5.74) is 0. The van der Waals surface area contributed by atoms with Crippen molar-refractivity contribution < 1.29 is 14.3 Å². The van der Waals surface area contributed by atoms with E-state index in [0.717, 1.165) is 6.04 Å². The Bertz CT molecular complexity index is 111. The standard InChI is InChI=1S/C5H12O3Si/c1-4-9(2,3)8-5(6)7/h4H2,1-3H3,(H,6,7). The van der Waals surface area contributed by atoms with E-state index in [9.17, 15) is 4.79 Å². The topological polar surface area (TPSA) is 46.5 Å². The van der Waals surface area contributed by atoms with Crippen molar-refractivity contribution in [1.29, 1.82) is 0 Å². The van der Waals surface area contributed by atoms with Crippen molar-refractivity contribution >= 4 is 14.5 Å². The third-order valence-corrected chi connectivity index (χ3v) is 3.65. The summed E-state index contributed by atoms with van der Waals surface area (Å²) in [6.07, 6.45) is -1.14. The van der Waals surface area contributed by atoms with Crippen LogP contribution in [0.3, 0.4) is 0 Å². The fraction of sp³-hybridized carbons (Fsp3) is 0.800.